The third kappa shape index (κ3) is 4.26. The number of halogens is 1. The highest BCUT2D eigenvalue weighted by Gasteiger charge is 2.42. The van der Waals surface area contributed by atoms with Gasteiger partial charge >= 0.3 is 5.69 Å². The summed E-state index contributed by atoms with van der Waals surface area (Å²) in [6.07, 6.45) is 3.61. The molecule has 1 saturated heterocycles. The third-order valence-electron chi connectivity index (χ3n) is 9.63. The highest BCUT2D eigenvalue weighted by Crippen LogP contribution is 2.43. The molecule has 2 aliphatic rings. The second kappa shape index (κ2) is 10.7. The number of amides is 1. The van der Waals surface area contributed by atoms with E-state index in [2.05, 4.69) is 30.3 Å². The standard InChI is InChI=1S/C35H36ClN7O3/c1-8-26(44)41-16-21-13-23-31(42(21)15-20(41)6)22-14-24(36)29(27-18(4)9-10-25-32(27)40(7)35(46)38-25)39-33(22)43(34(23)45)30-19(5)11-12-37-28(30)17(2)3/h8-12,14,17,20-21H,1,13,15-16H2,2-7H3,(H,38,46). The van der Waals surface area contributed by atoms with Gasteiger partial charge in [0, 0.05) is 55.3 Å². The summed E-state index contributed by atoms with van der Waals surface area (Å²) in [5.74, 6) is -0.0797. The summed E-state index contributed by atoms with van der Waals surface area (Å²) in [6, 6.07) is 7.46. The number of hydrogen-bond donors (Lipinski definition) is 1. The summed E-state index contributed by atoms with van der Waals surface area (Å²) in [5.41, 5.74) is 7.42. The van der Waals surface area contributed by atoms with Crippen molar-refractivity contribution in [2.24, 2.45) is 7.05 Å². The number of carbonyl (C=O) groups excluding carboxylic acids is 1. The van der Waals surface area contributed by atoms with Gasteiger partial charge in [-0.3, -0.25) is 23.7 Å². The van der Waals surface area contributed by atoms with Crippen molar-refractivity contribution in [1.29, 1.82) is 0 Å². The first-order valence-corrected chi connectivity index (χ1v) is 15.9. The zero-order valence-corrected chi connectivity index (χ0v) is 27.6. The lowest BCUT2D eigenvalue weighted by atomic mass is 10.0. The molecule has 6 heterocycles. The van der Waals surface area contributed by atoms with Gasteiger partial charge < -0.3 is 14.8 Å². The van der Waals surface area contributed by atoms with Crippen LogP contribution in [0.4, 0.5) is 5.69 Å². The van der Waals surface area contributed by atoms with Gasteiger partial charge in [0.25, 0.3) is 5.56 Å². The van der Waals surface area contributed by atoms with Gasteiger partial charge in [-0.25, -0.2) is 9.78 Å². The molecule has 2 unspecified atom stereocenters. The van der Waals surface area contributed by atoms with E-state index in [9.17, 15) is 14.4 Å². The van der Waals surface area contributed by atoms with Crippen LogP contribution in [0.1, 0.15) is 49.1 Å². The first-order valence-electron chi connectivity index (χ1n) is 15.5. The molecule has 1 N–H and O–H groups in total. The normalized spacial score (nSPS) is 17.7. The monoisotopic (exact) mass is 637 g/mol. The van der Waals surface area contributed by atoms with Crippen LogP contribution in [0.25, 0.3) is 39.0 Å². The molecule has 7 rings (SSSR count). The first kappa shape index (κ1) is 30.0. The zero-order valence-electron chi connectivity index (χ0n) is 26.8. The quantitative estimate of drug-likeness (QED) is 0.273. The first-order chi connectivity index (χ1) is 21.9. The van der Waals surface area contributed by atoms with E-state index in [1.165, 1.54) is 6.08 Å². The number of anilines is 1. The minimum absolute atomic E-state index is 0.0351. The van der Waals surface area contributed by atoms with Crippen LogP contribution < -0.4 is 16.1 Å². The van der Waals surface area contributed by atoms with Crippen molar-refractivity contribution in [3.8, 4) is 16.9 Å². The molecule has 1 amide bonds. The van der Waals surface area contributed by atoms with E-state index in [1.54, 1.807) is 22.4 Å². The number of pyridine rings is 3. The lowest BCUT2D eigenvalue weighted by Crippen LogP contribution is -2.57. The average molecular weight is 638 g/mol. The number of imidazole rings is 1. The van der Waals surface area contributed by atoms with Gasteiger partial charge in [-0.05, 0) is 62.1 Å². The molecule has 0 radical (unpaired) electrons. The fourth-order valence-corrected chi connectivity index (χ4v) is 7.63. The Balaban J connectivity index is 1.59. The second-order valence-corrected chi connectivity index (χ2v) is 13.3. The van der Waals surface area contributed by atoms with E-state index < -0.39 is 0 Å². The largest absolute Gasteiger partial charge is 0.363 e. The summed E-state index contributed by atoms with van der Waals surface area (Å²) in [6.45, 7) is 14.8. The molecule has 1 aromatic carbocycles. The number of aromatic nitrogens is 5. The predicted molar refractivity (Wildman–Crippen MR) is 182 cm³/mol. The molecule has 5 aromatic rings. The molecule has 0 spiro atoms. The zero-order chi connectivity index (χ0) is 32.8. The van der Waals surface area contributed by atoms with Gasteiger partial charge in [0.1, 0.15) is 5.65 Å². The Bertz CT molecular complexity index is 2250. The van der Waals surface area contributed by atoms with Crippen molar-refractivity contribution < 1.29 is 4.79 Å². The fourth-order valence-electron chi connectivity index (χ4n) is 7.39. The van der Waals surface area contributed by atoms with Gasteiger partial charge in [0.15, 0.2) is 0 Å². The molecule has 236 valence electrons. The number of benzene rings is 1. The molecular weight excluding hydrogens is 602 g/mol. The molecule has 0 saturated carbocycles. The minimum atomic E-state index is -0.240. The van der Waals surface area contributed by atoms with E-state index in [4.69, 9.17) is 21.6 Å². The topological polar surface area (TPSA) is 109 Å². The smallest absolute Gasteiger partial charge is 0.326 e. The van der Waals surface area contributed by atoms with E-state index in [-0.39, 0.29) is 35.2 Å². The molecule has 1 fully saturated rings. The molecule has 46 heavy (non-hydrogen) atoms. The number of aromatic amines is 1. The van der Waals surface area contributed by atoms with Gasteiger partial charge in [-0.15, -0.1) is 0 Å². The minimum Gasteiger partial charge on any atom is -0.363 e. The summed E-state index contributed by atoms with van der Waals surface area (Å²) in [5, 5.41) is 1.17. The number of fused-ring (bicyclic) bond motifs is 6. The average Bonchev–Trinajstić information content (AvgIpc) is 3.53. The van der Waals surface area contributed by atoms with Gasteiger partial charge in [-0.2, -0.15) is 0 Å². The second-order valence-electron chi connectivity index (χ2n) is 12.9. The Kier molecular flexibility index (Phi) is 6.97. The maximum absolute atomic E-state index is 14.9. The Hall–Kier alpha value is -4.70. The van der Waals surface area contributed by atoms with Crippen molar-refractivity contribution in [2.45, 2.75) is 59.0 Å². The van der Waals surface area contributed by atoms with Crippen molar-refractivity contribution in [3.63, 3.8) is 0 Å². The summed E-state index contributed by atoms with van der Waals surface area (Å²) >= 11 is 7.17. The number of H-pyrrole nitrogens is 1. The van der Waals surface area contributed by atoms with Gasteiger partial charge in [-0.1, -0.05) is 38.1 Å². The molecule has 10 nitrogen and oxygen atoms in total. The van der Waals surface area contributed by atoms with E-state index >= 15 is 0 Å². The van der Waals surface area contributed by atoms with Gasteiger partial charge in [0.2, 0.25) is 5.91 Å². The maximum atomic E-state index is 14.9. The number of piperazine rings is 1. The van der Waals surface area contributed by atoms with Crippen molar-refractivity contribution in [1.82, 2.24) is 29.0 Å². The molecule has 2 aliphatic heterocycles. The molecule has 0 bridgehead atoms. The number of hydrogen-bond acceptors (Lipinski definition) is 6. The van der Waals surface area contributed by atoms with E-state index in [0.29, 0.717) is 58.2 Å². The van der Waals surface area contributed by atoms with Crippen LogP contribution in [-0.2, 0) is 18.3 Å². The molecule has 0 aliphatic carbocycles. The summed E-state index contributed by atoms with van der Waals surface area (Å²) < 4.78 is 3.28. The maximum Gasteiger partial charge on any atom is 0.326 e. The number of nitrogens with zero attached hydrogens (tertiary/aromatic N) is 6. The van der Waals surface area contributed by atoms with Crippen LogP contribution in [0.5, 0.6) is 0 Å². The van der Waals surface area contributed by atoms with Crippen molar-refractivity contribution in [2.75, 3.05) is 18.0 Å². The Morgan fingerprint density at radius 1 is 1.13 bits per heavy atom. The lowest BCUT2D eigenvalue weighted by molar-refractivity contribution is -0.128. The lowest BCUT2D eigenvalue weighted by Gasteiger charge is -2.43. The number of nitrogens with one attached hydrogen (secondary N) is 1. The molecule has 4 aromatic heterocycles. The van der Waals surface area contributed by atoms with Gasteiger partial charge in [0.05, 0.1) is 44.9 Å². The van der Waals surface area contributed by atoms with Crippen LogP contribution in [0.2, 0.25) is 5.02 Å². The van der Waals surface area contributed by atoms with Crippen LogP contribution in [0.15, 0.2) is 52.7 Å². The SMILES string of the molecule is C=CC(=O)N1CC2Cc3c(c4cc(Cl)c(-c5c(C)ccc6[nH]c(=O)n(C)c56)nc4n(-c4c(C)ccnc4C(C)C)c3=O)N2CC1C. The molecule has 2 atom stereocenters. The Labute approximate surface area is 270 Å². The Morgan fingerprint density at radius 3 is 2.61 bits per heavy atom. The van der Waals surface area contributed by atoms with Crippen LogP contribution in [-0.4, -0.2) is 60.1 Å². The van der Waals surface area contributed by atoms with Crippen molar-refractivity contribution >= 4 is 45.3 Å². The number of carbonyl (C=O) groups is 1. The summed E-state index contributed by atoms with van der Waals surface area (Å²) in [4.78, 5) is 57.2. The summed E-state index contributed by atoms with van der Waals surface area (Å²) in [7, 11) is 1.72. The van der Waals surface area contributed by atoms with Crippen molar-refractivity contribution in [3.05, 3.63) is 91.4 Å². The number of aryl methyl sites for hydroxylation is 3. The van der Waals surface area contributed by atoms with Crippen LogP contribution in [0, 0.1) is 13.8 Å². The predicted octanol–water partition coefficient (Wildman–Crippen LogP) is 5.17. The fraction of sp³-hybridized carbons (Fsp3) is 0.343. The highest BCUT2D eigenvalue weighted by atomic mass is 35.5. The third-order valence-corrected chi connectivity index (χ3v) is 9.91. The Morgan fingerprint density at radius 2 is 1.89 bits per heavy atom. The van der Waals surface area contributed by atoms with Crippen LogP contribution >= 0.6 is 11.6 Å². The molecule has 11 heteroatoms. The van der Waals surface area contributed by atoms with E-state index in [0.717, 1.165) is 33.5 Å². The van der Waals surface area contributed by atoms with Crippen LogP contribution in [0.3, 0.4) is 0 Å². The van der Waals surface area contributed by atoms with E-state index in [1.807, 2.05) is 49.9 Å². The highest BCUT2D eigenvalue weighted by molar-refractivity contribution is 6.34. The number of rotatable bonds is 4. The molecular formula is C35H36ClN7O3.